The second-order valence-corrected chi connectivity index (χ2v) is 5.98. The van der Waals surface area contributed by atoms with Crippen LogP contribution in [0, 0.1) is 5.82 Å². The maximum atomic E-state index is 14.8. The molecule has 1 amide bonds. The second kappa shape index (κ2) is 6.80. The fourth-order valence-electron chi connectivity index (χ4n) is 2.90. The van der Waals surface area contributed by atoms with Crippen molar-refractivity contribution in [3.05, 3.63) is 60.1 Å². The number of halogens is 3. The Bertz CT molecular complexity index is 1180. The third-order valence-corrected chi connectivity index (χ3v) is 4.24. The van der Waals surface area contributed by atoms with Crippen LogP contribution >= 0.6 is 0 Å². The Hall–Kier alpha value is -3.69. The summed E-state index contributed by atoms with van der Waals surface area (Å²) in [5, 5.41) is 6.47. The average molecular weight is 386 g/mol. The number of rotatable bonds is 4. The first-order valence-corrected chi connectivity index (χ1v) is 8.15. The van der Waals surface area contributed by atoms with Gasteiger partial charge in [-0.1, -0.05) is 24.3 Å². The number of pyridine rings is 1. The Kier molecular flexibility index (Phi) is 4.30. The molecule has 28 heavy (non-hydrogen) atoms. The summed E-state index contributed by atoms with van der Waals surface area (Å²) in [6.45, 7) is 0. The number of nitrogens with one attached hydrogen (secondary N) is 2. The Labute approximate surface area is 156 Å². The van der Waals surface area contributed by atoms with Crippen LogP contribution in [-0.4, -0.2) is 30.6 Å². The van der Waals surface area contributed by atoms with E-state index in [-0.39, 0.29) is 33.8 Å². The third kappa shape index (κ3) is 2.98. The summed E-state index contributed by atoms with van der Waals surface area (Å²) in [5.41, 5.74) is 0.0249. The molecule has 0 aliphatic heterocycles. The number of hydrogen-bond donors (Lipinski definition) is 2. The van der Waals surface area contributed by atoms with E-state index >= 15 is 0 Å². The fraction of sp³-hybridized carbons (Fsp3) is 0.111. The van der Waals surface area contributed by atoms with Gasteiger partial charge in [-0.2, -0.15) is 5.10 Å². The summed E-state index contributed by atoms with van der Waals surface area (Å²) >= 11 is 0. The van der Waals surface area contributed by atoms with Crippen LogP contribution in [0.5, 0.6) is 0 Å². The van der Waals surface area contributed by atoms with Gasteiger partial charge < -0.3 is 10.3 Å². The van der Waals surface area contributed by atoms with E-state index in [0.717, 1.165) is 0 Å². The van der Waals surface area contributed by atoms with E-state index in [0.29, 0.717) is 5.52 Å². The van der Waals surface area contributed by atoms with Gasteiger partial charge in [-0.25, -0.2) is 27.8 Å². The first-order valence-electron chi connectivity index (χ1n) is 8.15. The molecule has 4 aromatic rings. The van der Waals surface area contributed by atoms with Gasteiger partial charge in [0, 0.05) is 30.4 Å². The molecule has 0 aliphatic rings. The molecule has 3 aromatic heterocycles. The van der Waals surface area contributed by atoms with Crippen molar-refractivity contribution in [2.75, 3.05) is 5.32 Å². The Morgan fingerprint density at radius 1 is 1.25 bits per heavy atom. The van der Waals surface area contributed by atoms with Crippen LogP contribution in [0.2, 0.25) is 0 Å². The van der Waals surface area contributed by atoms with Gasteiger partial charge in [0.1, 0.15) is 12.1 Å². The monoisotopic (exact) mass is 386 g/mol. The maximum Gasteiger partial charge on any atom is 0.294 e. The van der Waals surface area contributed by atoms with Gasteiger partial charge in [0.15, 0.2) is 5.82 Å². The zero-order chi connectivity index (χ0) is 19.8. The highest BCUT2D eigenvalue weighted by molar-refractivity contribution is 6.02. The molecule has 0 saturated heterocycles. The molecule has 0 unspecified atom stereocenters. The number of anilines is 1. The smallest absolute Gasteiger partial charge is 0.294 e. The van der Waals surface area contributed by atoms with Crippen LogP contribution in [0.3, 0.4) is 0 Å². The Morgan fingerprint density at radius 3 is 2.75 bits per heavy atom. The lowest BCUT2D eigenvalue weighted by atomic mass is 10.0. The molecular weight excluding hydrogens is 373 g/mol. The molecule has 2 N–H and O–H groups in total. The van der Waals surface area contributed by atoms with Gasteiger partial charge >= 0.3 is 0 Å². The van der Waals surface area contributed by atoms with Crippen molar-refractivity contribution < 1.29 is 18.0 Å². The predicted octanol–water partition coefficient (Wildman–Crippen LogP) is 3.69. The number of aromatic amines is 1. The molecule has 4 rings (SSSR count). The molecular formula is C18H13F3N6O. The molecule has 10 heteroatoms. The minimum Gasteiger partial charge on any atom is -0.352 e. The number of benzene rings is 1. The minimum atomic E-state index is -2.75. The number of carbonyl (C=O) groups is 1. The van der Waals surface area contributed by atoms with E-state index < -0.39 is 18.1 Å². The van der Waals surface area contributed by atoms with Gasteiger partial charge in [0.2, 0.25) is 5.82 Å². The maximum absolute atomic E-state index is 14.8. The van der Waals surface area contributed by atoms with Crippen molar-refractivity contribution in [3.63, 3.8) is 0 Å². The molecule has 0 atom stereocenters. The average Bonchev–Trinajstić information content (AvgIpc) is 3.25. The van der Waals surface area contributed by atoms with Crippen LogP contribution in [0.1, 0.15) is 22.6 Å². The lowest BCUT2D eigenvalue weighted by molar-refractivity contribution is 0.101. The first-order chi connectivity index (χ1) is 13.5. The van der Waals surface area contributed by atoms with Gasteiger partial charge in [0.25, 0.3) is 12.3 Å². The molecule has 142 valence electrons. The number of amides is 1. The fourth-order valence-corrected chi connectivity index (χ4v) is 2.90. The molecule has 7 nitrogen and oxygen atoms in total. The number of H-pyrrole nitrogens is 1. The van der Waals surface area contributed by atoms with Crippen LogP contribution < -0.4 is 5.32 Å². The molecule has 0 fully saturated rings. The van der Waals surface area contributed by atoms with Crippen molar-refractivity contribution in [1.82, 2.24) is 24.7 Å². The lowest BCUT2D eigenvalue weighted by Crippen LogP contribution is -2.18. The number of hydrogen-bond acceptors (Lipinski definition) is 4. The van der Waals surface area contributed by atoms with E-state index in [1.807, 2.05) is 0 Å². The van der Waals surface area contributed by atoms with Crippen molar-refractivity contribution >= 4 is 22.6 Å². The number of alkyl halides is 2. The van der Waals surface area contributed by atoms with Crippen LogP contribution in [-0.2, 0) is 7.05 Å². The van der Waals surface area contributed by atoms with Crippen molar-refractivity contribution in [2.24, 2.45) is 7.05 Å². The summed E-state index contributed by atoms with van der Waals surface area (Å²) in [6, 6.07) is 7.10. The zero-order valence-corrected chi connectivity index (χ0v) is 14.4. The number of aryl methyl sites for hydroxylation is 1. The molecule has 0 saturated carbocycles. The second-order valence-electron chi connectivity index (χ2n) is 5.98. The summed E-state index contributed by atoms with van der Waals surface area (Å²) < 4.78 is 42.6. The topological polar surface area (TPSA) is 88.5 Å². The number of carbonyl (C=O) groups excluding carboxylic acids is 1. The van der Waals surface area contributed by atoms with E-state index in [1.54, 1.807) is 13.1 Å². The summed E-state index contributed by atoms with van der Waals surface area (Å²) in [5.74, 6) is -1.01. The Morgan fingerprint density at radius 2 is 2.04 bits per heavy atom. The van der Waals surface area contributed by atoms with Gasteiger partial charge in [0.05, 0.1) is 16.6 Å². The zero-order valence-electron chi connectivity index (χ0n) is 14.4. The highest BCUT2D eigenvalue weighted by Gasteiger charge is 2.20. The summed E-state index contributed by atoms with van der Waals surface area (Å²) in [4.78, 5) is 22.9. The van der Waals surface area contributed by atoms with Crippen molar-refractivity contribution in [1.29, 1.82) is 0 Å². The Balaban J connectivity index is 1.72. The van der Waals surface area contributed by atoms with E-state index in [9.17, 15) is 18.0 Å². The van der Waals surface area contributed by atoms with E-state index in [2.05, 4.69) is 25.4 Å². The minimum absolute atomic E-state index is 0.0653. The summed E-state index contributed by atoms with van der Waals surface area (Å²) in [7, 11) is 1.56. The van der Waals surface area contributed by atoms with E-state index in [1.165, 1.54) is 41.5 Å². The van der Waals surface area contributed by atoms with Crippen LogP contribution in [0.15, 0.2) is 42.9 Å². The van der Waals surface area contributed by atoms with E-state index in [4.69, 9.17) is 0 Å². The SMILES string of the molecule is Cn1ncnc1C(=O)Nc1cc2[nH]c(-c3ccccc3C(F)F)c(F)c2cn1. The third-order valence-electron chi connectivity index (χ3n) is 4.24. The van der Waals surface area contributed by atoms with Crippen LogP contribution in [0.4, 0.5) is 19.0 Å². The van der Waals surface area contributed by atoms with Gasteiger partial charge in [-0.15, -0.1) is 0 Å². The van der Waals surface area contributed by atoms with Gasteiger partial charge in [-0.3, -0.25) is 4.79 Å². The number of fused-ring (bicyclic) bond motifs is 1. The van der Waals surface area contributed by atoms with Crippen LogP contribution in [0.25, 0.3) is 22.2 Å². The first kappa shape index (κ1) is 17.7. The molecule has 3 heterocycles. The summed E-state index contributed by atoms with van der Waals surface area (Å²) in [6.07, 6.45) is -0.290. The normalized spacial score (nSPS) is 11.3. The highest BCUT2D eigenvalue weighted by Crippen LogP contribution is 2.35. The molecule has 0 spiro atoms. The number of aromatic nitrogens is 5. The van der Waals surface area contributed by atoms with Crippen molar-refractivity contribution in [3.8, 4) is 11.3 Å². The predicted molar refractivity (Wildman–Crippen MR) is 95.4 cm³/mol. The van der Waals surface area contributed by atoms with Crippen molar-refractivity contribution in [2.45, 2.75) is 6.43 Å². The lowest BCUT2D eigenvalue weighted by Gasteiger charge is -2.06. The highest BCUT2D eigenvalue weighted by atomic mass is 19.3. The molecule has 1 aromatic carbocycles. The molecule has 0 aliphatic carbocycles. The molecule has 0 bridgehead atoms. The number of nitrogens with zero attached hydrogens (tertiary/aromatic N) is 4. The van der Waals surface area contributed by atoms with Gasteiger partial charge in [-0.05, 0) is 0 Å². The largest absolute Gasteiger partial charge is 0.352 e. The quantitative estimate of drug-likeness (QED) is 0.560. The standard InChI is InChI=1S/C18H13F3N6O/c1-27-17(23-8-24-27)18(28)26-13-6-12-11(7-22-13)14(19)15(25-12)9-4-2-3-5-10(9)16(20)21/h2-8,16,25H,1H3,(H,22,26,28). The molecule has 0 radical (unpaired) electrons.